The average Bonchev–Trinajstić information content (AvgIpc) is 3.59. The normalized spacial score (nSPS) is 17.2. The fourth-order valence-corrected chi connectivity index (χ4v) is 9.99. The zero-order chi connectivity index (χ0) is 31.8. The van der Waals surface area contributed by atoms with E-state index in [1.807, 2.05) is 0 Å². The monoisotopic (exact) mass is 604 g/mol. The molecule has 5 heterocycles. The number of nitrogens with zero attached hydrogens (tertiary/aromatic N) is 2. The summed E-state index contributed by atoms with van der Waals surface area (Å²) in [4.78, 5) is 0. The molecule has 8 aromatic rings. The Bertz CT molecular complexity index is 2760. The molecule has 0 radical (unpaired) electrons. The molecule has 226 valence electrons. The van der Waals surface area contributed by atoms with Crippen LogP contribution in [0, 0.1) is 0 Å². The van der Waals surface area contributed by atoms with Gasteiger partial charge in [0.25, 0.3) is 0 Å². The third kappa shape index (κ3) is 2.79. The Balaban J connectivity index is 1.24. The Morgan fingerprint density at radius 1 is 0.383 bits per heavy atom. The summed E-state index contributed by atoms with van der Waals surface area (Å²) in [6, 6.07) is 42.0. The maximum absolute atomic E-state index is 2.62. The van der Waals surface area contributed by atoms with Gasteiger partial charge in [-0.15, -0.1) is 0 Å². The Hall–Kier alpha value is -5.08. The van der Waals surface area contributed by atoms with Crippen LogP contribution in [0.15, 0.2) is 109 Å². The summed E-state index contributed by atoms with van der Waals surface area (Å²) in [7, 11) is 0. The second-order valence-electron chi connectivity index (χ2n) is 15.8. The summed E-state index contributed by atoms with van der Waals surface area (Å²) >= 11 is 0. The Labute approximate surface area is 274 Å². The number of hydrogen-bond donors (Lipinski definition) is 0. The predicted octanol–water partition coefficient (Wildman–Crippen LogP) is 11.5. The number of aromatic nitrogens is 2. The molecule has 3 aliphatic rings. The van der Waals surface area contributed by atoms with Crippen molar-refractivity contribution >= 4 is 43.6 Å². The molecular formula is C45H36N2. The molecule has 0 unspecified atom stereocenters. The van der Waals surface area contributed by atoms with Crippen LogP contribution in [-0.2, 0) is 16.2 Å². The first-order chi connectivity index (χ1) is 22.6. The van der Waals surface area contributed by atoms with E-state index in [0.717, 1.165) is 0 Å². The molecule has 0 amide bonds. The van der Waals surface area contributed by atoms with Crippen LogP contribution in [0.4, 0.5) is 0 Å². The van der Waals surface area contributed by atoms with E-state index in [1.54, 1.807) is 0 Å². The zero-order valence-corrected chi connectivity index (χ0v) is 27.8. The number of benzene rings is 6. The molecule has 3 aliphatic heterocycles. The Morgan fingerprint density at radius 3 is 1.66 bits per heavy atom. The van der Waals surface area contributed by atoms with Gasteiger partial charge in [0.15, 0.2) is 0 Å². The van der Waals surface area contributed by atoms with E-state index in [9.17, 15) is 0 Å². The largest absolute Gasteiger partial charge is 0.309 e. The van der Waals surface area contributed by atoms with E-state index in [-0.39, 0.29) is 16.2 Å². The lowest BCUT2D eigenvalue weighted by Crippen LogP contribution is -2.33. The predicted molar refractivity (Wildman–Crippen MR) is 197 cm³/mol. The van der Waals surface area contributed by atoms with Gasteiger partial charge < -0.3 is 9.13 Å². The van der Waals surface area contributed by atoms with Crippen LogP contribution in [0.5, 0.6) is 0 Å². The molecule has 6 aromatic carbocycles. The lowest BCUT2D eigenvalue weighted by molar-refractivity contribution is 0.594. The van der Waals surface area contributed by atoms with Gasteiger partial charge in [0.05, 0.1) is 33.4 Å². The van der Waals surface area contributed by atoms with Crippen molar-refractivity contribution in [2.75, 3.05) is 0 Å². The highest BCUT2D eigenvalue weighted by Crippen LogP contribution is 2.56. The summed E-state index contributed by atoms with van der Waals surface area (Å²) in [5.74, 6) is 0. The van der Waals surface area contributed by atoms with Crippen LogP contribution < -0.4 is 0 Å². The van der Waals surface area contributed by atoms with Crippen molar-refractivity contribution in [3.8, 4) is 22.5 Å². The smallest absolute Gasteiger partial charge is 0.0582 e. The van der Waals surface area contributed by atoms with Crippen LogP contribution in [0.25, 0.3) is 66.1 Å². The molecule has 0 saturated heterocycles. The van der Waals surface area contributed by atoms with Gasteiger partial charge in [0.1, 0.15) is 0 Å². The quantitative estimate of drug-likeness (QED) is 0.176. The minimum atomic E-state index is -0.138. The molecule has 2 nitrogen and oxygen atoms in total. The third-order valence-corrected chi connectivity index (χ3v) is 12.4. The summed E-state index contributed by atoms with van der Waals surface area (Å²) in [5, 5.41) is 5.37. The summed E-state index contributed by atoms with van der Waals surface area (Å²) in [5.41, 5.74) is 18.8. The van der Waals surface area contributed by atoms with E-state index in [4.69, 9.17) is 0 Å². The van der Waals surface area contributed by atoms with Gasteiger partial charge in [-0.2, -0.15) is 0 Å². The van der Waals surface area contributed by atoms with E-state index in [0.29, 0.717) is 0 Å². The first kappa shape index (κ1) is 26.0. The van der Waals surface area contributed by atoms with Crippen molar-refractivity contribution in [2.24, 2.45) is 0 Å². The molecule has 47 heavy (non-hydrogen) atoms. The van der Waals surface area contributed by atoms with Gasteiger partial charge in [-0.3, -0.25) is 0 Å². The lowest BCUT2D eigenvalue weighted by Gasteiger charge is -2.42. The maximum Gasteiger partial charge on any atom is 0.0582 e. The van der Waals surface area contributed by atoms with Crippen molar-refractivity contribution in [2.45, 2.75) is 57.8 Å². The van der Waals surface area contributed by atoms with Crippen LogP contribution in [-0.4, -0.2) is 9.13 Å². The number of fused-ring (bicyclic) bond motifs is 6. The second kappa shape index (κ2) is 7.89. The third-order valence-electron chi connectivity index (χ3n) is 12.4. The zero-order valence-electron chi connectivity index (χ0n) is 27.8. The van der Waals surface area contributed by atoms with Crippen molar-refractivity contribution in [3.05, 3.63) is 143 Å². The Kier molecular flexibility index (Phi) is 4.37. The van der Waals surface area contributed by atoms with E-state index >= 15 is 0 Å². The molecule has 11 rings (SSSR count). The van der Waals surface area contributed by atoms with E-state index < -0.39 is 0 Å². The van der Waals surface area contributed by atoms with Crippen molar-refractivity contribution in [1.29, 1.82) is 0 Å². The molecular weight excluding hydrogens is 569 g/mol. The van der Waals surface area contributed by atoms with Gasteiger partial charge in [0.2, 0.25) is 0 Å². The SMILES string of the molecule is CC1(C)c2ccccc2-n2c3ccc(-c4cc5c6c(c4)c4cccc7c4n6-c4c(cccc4C5(C)C)C7(C)C)cc3c3cccc1c32. The van der Waals surface area contributed by atoms with Gasteiger partial charge in [-0.25, -0.2) is 0 Å². The summed E-state index contributed by atoms with van der Waals surface area (Å²) in [6.45, 7) is 14.4. The van der Waals surface area contributed by atoms with Gasteiger partial charge in [-0.1, -0.05) is 120 Å². The molecule has 0 bridgehead atoms. The molecule has 0 saturated carbocycles. The fourth-order valence-electron chi connectivity index (χ4n) is 9.99. The highest BCUT2D eigenvalue weighted by atomic mass is 15.0. The van der Waals surface area contributed by atoms with Crippen LogP contribution in [0.2, 0.25) is 0 Å². The fraction of sp³-hybridized carbons (Fsp3) is 0.200. The van der Waals surface area contributed by atoms with Crippen LogP contribution >= 0.6 is 0 Å². The van der Waals surface area contributed by atoms with Gasteiger partial charge in [-0.05, 0) is 74.8 Å². The highest BCUT2D eigenvalue weighted by Gasteiger charge is 2.43. The van der Waals surface area contributed by atoms with Crippen LogP contribution in [0.1, 0.15) is 74.9 Å². The van der Waals surface area contributed by atoms with E-state index in [1.165, 1.54) is 99.5 Å². The lowest BCUT2D eigenvalue weighted by atomic mass is 9.68. The molecule has 2 aromatic heterocycles. The topological polar surface area (TPSA) is 9.86 Å². The Morgan fingerprint density at radius 2 is 0.915 bits per heavy atom. The number of para-hydroxylation sites is 4. The molecule has 0 aliphatic carbocycles. The average molecular weight is 605 g/mol. The maximum atomic E-state index is 2.62. The summed E-state index contributed by atoms with van der Waals surface area (Å²) in [6.07, 6.45) is 0. The molecule has 0 N–H and O–H groups in total. The van der Waals surface area contributed by atoms with Crippen molar-refractivity contribution < 1.29 is 0 Å². The standard InChI is InChI=1S/C45H36N2/c1-43(2)31-14-7-8-19-38(31)46-37-21-20-25(22-29(37)27-12-9-15-32(43)39(27)46)26-23-30-28-13-10-16-33-40(28)47-41(30)36(24-26)45(5,6)35-18-11-17-34(42(35)47)44(33,3)4/h7-24H,1-6H3. The molecule has 0 fully saturated rings. The second-order valence-corrected chi connectivity index (χ2v) is 15.8. The first-order valence-corrected chi connectivity index (χ1v) is 17.0. The number of rotatable bonds is 1. The summed E-state index contributed by atoms with van der Waals surface area (Å²) < 4.78 is 5.13. The number of hydrogen-bond acceptors (Lipinski definition) is 0. The minimum Gasteiger partial charge on any atom is -0.309 e. The van der Waals surface area contributed by atoms with Gasteiger partial charge >= 0.3 is 0 Å². The van der Waals surface area contributed by atoms with Gasteiger partial charge in [0, 0.05) is 37.8 Å². The van der Waals surface area contributed by atoms with Crippen molar-refractivity contribution in [1.82, 2.24) is 9.13 Å². The molecule has 0 atom stereocenters. The minimum absolute atomic E-state index is 0.0654. The molecule has 0 spiro atoms. The van der Waals surface area contributed by atoms with Crippen molar-refractivity contribution in [3.63, 3.8) is 0 Å². The first-order valence-electron chi connectivity index (χ1n) is 17.0. The highest BCUT2D eigenvalue weighted by molar-refractivity contribution is 6.16. The van der Waals surface area contributed by atoms with Crippen LogP contribution in [0.3, 0.4) is 0 Å². The molecule has 2 heteroatoms. The van der Waals surface area contributed by atoms with E-state index in [2.05, 4.69) is 160 Å².